The Morgan fingerprint density at radius 1 is 1.10 bits per heavy atom. The zero-order valence-corrected chi connectivity index (χ0v) is 12.1. The SMILES string of the molecule is CS(=O)(=O)c1ccc(Cl)c(OC(=O)c2ccccc2)c1. The number of esters is 1. The predicted octanol–water partition coefficient (Wildman–Crippen LogP) is 2.96. The molecule has 0 spiro atoms. The lowest BCUT2D eigenvalue weighted by molar-refractivity contribution is 0.0734. The van der Waals surface area contributed by atoms with Crippen molar-refractivity contribution in [1.29, 1.82) is 0 Å². The van der Waals surface area contributed by atoms with E-state index in [4.69, 9.17) is 16.3 Å². The first kappa shape index (κ1) is 14.6. The van der Waals surface area contributed by atoms with Crippen LogP contribution in [0.15, 0.2) is 53.4 Å². The number of halogens is 1. The normalized spacial score (nSPS) is 11.1. The predicted molar refractivity (Wildman–Crippen MR) is 76.0 cm³/mol. The Morgan fingerprint density at radius 2 is 1.75 bits per heavy atom. The van der Waals surface area contributed by atoms with Crippen molar-refractivity contribution >= 4 is 27.4 Å². The first-order valence-electron chi connectivity index (χ1n) is 5.65. The monoisotopic (exact) mass is 310 g/mol. The van der Waals surface area contributed by atoms with E-state index < -0.39 is 15.8 Å². The summed E-state index contributed by atoms with van der Waals surface area (Å²) in [5.74, 6) is -0.582. The van der Waals surface area contributed by atoms with E-state index in [2.05, 4.69) is 0 Å². The highest BCUT2D eigenvalue weighted by molar-refractivity contribution is 7.90. The maximum Gasteiger partial charge on any atom is 0.343 e. The quantitative estimate of drug-likeness (QED) is 0.646. The summed E-state index contributed by atoms with van der Waals surface area (Å²) in [6, 6.07) is 12.3. The Bertz CT molecular complexity index is 739. The minimum Gasteiger partial charge on any atom is -0.421 e. The second kappa shape index (κ2) is 5.64. The van der Waals surface area contributed by atoms with Crippen LogP contribution in [0.2, 0.25) is 5.02 Å². The van der Waals surface area contributed by atoms with E-state index in [1.807, 2.05) is 0 Å². The third-order valence-corrected chi connectivity index (χ3v) is 3.97. The van der Waals surface area contributed by atoms with Crippen molar-refractivity contribution in [3.8, 4) is 5.75 Å². The van der Waals surface area contributed by atoms with Gasteiger partial charge >= 0.3 is 5.97 Å². The molecule has 0 aliphatic rings. The summed E-state index contributed by atoms with van der Waals surface area (Å²) in [4.78, 5) is 11.9. The van der Waals surface area contributed by atoms with Gasteiger partial charge in [0, 0.05) is 12.3 Å². The minimum absolute atomic E-state index is 0.0171. The van der Waals surface area contributed by atoms with E-state index in [-0.39, 0.29) is 15.7 Å². The Balaban J connectivity index is 2.32. The minimum atomic E-state index is -3.39. The summed E-state index contributed by atoms with van der Waals surface area (Å²) >= 11 is 5.91. The zero-order chi connectivity index (χ0) is 14.8. The summed E-state index contributed by atoms with van der Waals surface area (Å²) in [5.41, 5.74) is 0.355. The van der Waals surface area contributed by atoms with Gasteiger partial charge in [-0.2, -0.15) is 0 Å². The fourth-order valence-corrected chi connectivity index (χ4v) is 2.32. The van der Waals surface area contributed by atoms with Crippen molar-refractivity contribution in [1.82, 2.24) is 0 Å². The average molecular weight is 311 g/mol. The first-order chi connectivity index (χ1) is 9.38. The lowest BCUT2D eigenvalue weighted by Crippen LogP contribution is -2.09. The zero-order valence-electron chi connectivity index (χ0n) is 10.5. The van der Waals surface area contributed by atoms with Gasteiger partial charge in [0.25, 0.3) is 0 Å². The van der Waals surface area contributed by atoms with Gasteiger partial charge in [0.2, 0.25) is 0 Å². The summed E-state index contributed by atoms with van der Waals surface area (Å²) < 4.78 is 28.1. The van der Waals surface area contributed by atoms with E-state index in [0.29, 0.717) is 5.56 Å². The molecule has 0 saturated heterocycles. The van der Waals surface area contributed by atoms with Crippen molar-refractivity contribution in [3.63, 3.8) is 0 Å². The van der Waals surface area contributed by atoms with Gasteiger partial charge in [-0.1, -0.05) is 29.8 Å². The van der Waals surface area contributed by atoms with Crippen LogP contribution in [0.3, 0.4) is 0 Å². The van der Waals surface area contributed by atoms with Crippen LogP contribution in [0.1, 0.15) is 10.4 Å². The van der Waals surface area contributed by atoms with Crippen LogP contribution < -0.4 is 4.74 Å². The number of benzene rings is 2. The standard InChI is InChI=1S/C14H11ClO4S/c1-20(17,18)11-7-8-12(15)13(9-11)19-14(16)10-5-3-2-4-6-10/h2-9H,1H3. The van der Waals surface area contributed by atoms with Crippen molar-refractivity contribution < 1.29 is 17.9 Å². The molecule has 2 aromatic rings. The number of ether oxygens (including phenoxy) is 1. The van der Waals surface area contributed by atoms with Crippen molar-refractivity contribution in [3.05, 3.63) is 59.1 Å². The fourth-order valence-electron chi connectivity index (χ4n) is 1.53. The molecule has 0 unspecified atom stereocenters. The summed E-state index contributed by atoms with van der Waals surface area (Å²) in [7, 11) is -3.39. The second-order valence-electron chi connectivity index (χ2n) is 4.12. The molecular weight excluding hydrogens is 300 g/mol. The van der Waals surface area contributed by atoms with Crippen molar-refractivity contribution in [2.45, 2.75) is 4.90 Å². The Hall–Kier alpha value is -1.85. The van der Waals surface area contributed by atoms with E-state index in [1.165, 1.54) is 18.2 Å². The van der Waals surface area contributed by atoms with E-state index >= 15 is 0 Å². The van der Waals surface area contributed by atoms with Crippen LogP contribution in [0.4, 0.5) is 0 Å². The molecule has 0 N–H and O–H groups in total. The molecule has 2 rings (SSSR count). The highest BCUT2D eigenvalue weighted by atomic mass is 35.5. The molecule has 0 bridgehead atoms. The van der Waals surface area contributed by atoms with Crippen LogP contribution in [-0.2, 0) is 9.84 Å². The van der Waals surface area contributed by atoms with Gasteiger partial charge in [-0.15, -0.1) is 0 Å². The molecule has 0 aromatic heterocycles. The summed E-state index contributed by atoms with van der Waals surface area (Å²) in [6.45, 7) is 0. The van der Waals surface area contributed by atoms with Crippen LogP contribution in [0.5, 0.6) is 5.75 Å². The third kappa shape index (κ3) is 3.37. The topological polar surface area (TPSA) is 60.4 Å². The van der Waals surface area contributed by atoms with Gasteiger partial charge in [0.05, 0.1) is 15.5 Å². The molecule has 0 fully saturated rings. The first-order valence-corrected chi connectivity index (χ1v) is 7.92. The lowest BCUT2D eigenvalue weighted by atomic mass is 10.2. The van der Waals surface area contributed by atoms with Crippen LogP contribution in [0.25, 0.3) is 0 Å². The van der Waals surface area contributed by atoms with Crippen LogP contribution >= 0.6 is 11.6 Å². The van der Waals surface area contributed by atoms with E-state index in [9.17, 15) is 13.2 Å². The van der Waals surface area contributed by atoms with Crippen molar-refractivity contribution in [2.24, 2.45) is 0 Å². The molecule has 0 aliphatic heterocycles. The molecule has 2 aromatic carbocycles. The number of hydrogen-bond donors (Lipinski definition) is 0. The molecule has 0 radical (unpaired) electrons. The largest absolute Gasteiger partial charge is 0.421 e. The Kier molecular flexibility index (Phi) is 4.11. The average Bonchev–Trinajstić information content (AvgIpc) is 2.41. The summed E-state index contributed by atoms with van der Waals surface area (Å²) in [5, 5.41) is 0.168. The number of rotatable bonds is 3. The van der Waals surface area contributed by atoms with Gasteiger partial charge in [-0.25, -0.2) is 13.2 Å². The molecule has 0 aliphatic carbocycles. The Morgan fingerprint density at radius 3 is 2.35 bits per heavy atom. The van der Waals surface area contributed by atoms with Gasteiger partial charge in [-0.05, 0) is 24.3 Å². The third-order valence-electron chi connectivity index (χ3n) is 2.54. The number of hydrogen-bond acceptors (Lipinski definition) is 4. The van der Waals surface area contributed by atoms with Crippen molar-refractivity contribution in [2.75, 3.05) is 6.26 Å². The molecule has 0 saturated carbocycles. The molecule has 0 amide bonds. The van der Waals surface area contributed by atoms with E-state index in [1.54, 1.807) is 30.3 Å². The fraction of sp³-hybridized carbons (Fsp3) is 0.0714. The van der Waals surface area contributed by atoms with Crippen LogP contribution in [-0.4, -0.2) is 20.6 Å². The molecule has 0 heterocycles. The second-order valence-corrected chi connectivity index (χ2v) is 6.54. The number of carbonyl (C=O) groups is 1. The maximum atomic E-state index is 11.9. The van der Waals surface area contributed by atoms with Gasteiger partial charge in [0.15, 0.2) is 15.6 Å². The van der Waals surface area contributed by atoms with Gasteiger partial charge in [0.1, 0.15) is 0 Å². The molecular formula is C14H11ClO4S. The van der Waals surface area contributed by atoms with Crippen LogP contribution in [0, 0.1) is 0 Å². The summed E-state index contributed by atoms with van der Waals surface area (Å²) in [6.07, 6.45) is 1.07. The number of sulfone groups is 1. The van der Waals surface area contributed by atoms with Gasteiger partial charge in [-0.3, -0.25) is 0 Å². The maximum absolute atomic E-state index is 11.9. The lowest BCUT2D eigenvalue weighted by Gasteiger charge is -2.07. The van der Waals surface area contributed by atoms with E-state index in [0.717, 1.165) is 6.26 Å². The molecule has 0 atom stereocenters. The highest BCUT2D eigenvalue weighted by Gasteiger charge is 2.14. The number of carbonyl (C=O) groups excluding carboxylic acids is 1. The highest BCUT2D eigenvalue weighted by Crippen LogP contribution is 2.28. The molecule has 104 valence electrons. The molecule has 4 nitrogen and oxygen atoms in total. The molecule has 20 heavy (non-hydrogen) atoms. The smallest absolute Gasteiger partial charge is 0.343 e. The molecule has 6 heteroatoms. The van der Waals surface area contributed by atoms with Gasteiger partial charge < -0.3 is 4.74 Å². The Labute approximate surface area is 121 Å².